The Morgan fingerprint density at radius 1 is 1.43 bits per heavy atom. The number of carboxylic acid groups (broad SMARTS) is 1. The highest BCUT2D eigenvalue weighted by molar-refractivity contribution is 5.84. The number of carbonyl (C=O) groups is 1. The molecular weight excluding hydrogens is 288 g/mol. The van der Waals surface area contributed by atoms with Crippen molar-refractivity contribution in [2.24, 2.45) is 0 Å². The third kappa shape index (κ3) is 2.67. The van der Waals surface area contributed by atoms with Crippen LogP contribution in [0.1, 0.15) is 0 Å². The summed E-state index contributed by atoms with van der Waals surface area (Å²) < 4.78 is 38.8. The fourth-order valence-electron chi connectivity index (χ4n) is 1.98. The number of ether oxygens (including phenoxy) is 2. The van der Waals surface area contributed by atoms with Gasteiger partial charge in [-0.15, -0.1) is 0 Å². The van der Waals surface area contributed by atoms with E-state index in [2.05, 4.69) is 10.3 Å². The van der Waals surface area contributed by atoms with Gasteiger partial charge >= 0.3 is 6.09 Å². The van der Waals surface area contributed by atoms with E-state index in [0.717, 1.165) is 6.07 Å². The summed E-state index contributed by atoms with van der Waals surface area (Å²) in [5, 5.41) is 10.7. The zero-order chi connectivity index (χ0) is 15.6. The van der Waals surface area contributed by atoms with E-state index in [4.69, 9.17) is 14.6 Å². The molecule has 1 amide bonds. The van der Waals surface area contributed by atoms with Crippen LogP contribution in [0.3, 0.4) is 0 Å². The first-order valence-corrected chi connectivity index (χ1v) is 5.92. The summed E-state index contributed by atoms with van der Waals surface area (Å²) >= 11 is 0. The Kier molecular flexibility index (Phi) is 4.10. The van der Waals surface area contributed by atoms with Crippen LogP contribution in [0.25, 0.3) is 11.0 Å². The van der Waals surface area contributed by atoms with Crippen LogP contribution in [0.5, 0.6) is 11.8 Å². The first-order chi connectivity index (χ1) is 9.99. The second kappa shape index (κ2) is 5.81. The Morgan fingerprint density at radius 3 is 2.71 bits per heavy atom. The molecule has 1 aromatic heterocycles. The summed E-state index contributed by atoms with van der Waals surface area (Å²) in [6, 6.07) is 0.921. The second-order valence-electron chi connectivity index (χ2n) is 4.05. The van der Waals surface area contributed by atoms with Crippen molar-refractivity contribution in [3.8, 4) is 11.8 Å². The number of rotatable bonds is 5. The molecular formula is C12H13F2N3O4. The van der Waals surface area contributed by atoms with Crippen LogP contribution in [-0.2, 0) is 6.54 Å². The molecule has 1 aromatic carbocycles. The van der Waals surface area contributed by atoms with Gasteiger partial charge in [-0.25, -0.2) is 13.6 Å². The molecule has 9 heteroatoms. The smallest absolute Gasteiger partial charge is 0.404 e. The Morgan fingerprint density at radius 2 is 2.14 bits per heavy atom. The van der Waals surface area contributed by atoms with Crippen LogP contribution in [0, 0.1) is 11.6 Å². The van der Waals surface area contributed by atoms with Gasteiger partial charge in [0, 0.05) is 19.2 Å². The zero-order valence-electron chi connectivity index (χ0n) is 11.3. The molecule has 1 heterocycles. The largest absolute Gasteiger partial charge is 0.494 e. The van der Waals surface area contributed by atoms with Gasteiger partial charge in [0.15, 0.2) is 11.6 Å². The van der Waals surface area contributed by atoms with Crippen LogP contribution in [-0.4, -0.2) is 41.5 Å². The zero-order valence-corrected chi connectivity index (χ0v) is 11.3. The molecule has 2 aromatic rings. The maximum Gasteiger partial charge on any atom is 0.404 e. The van der Waals surface area contributed by atoms with Crippen molar-refractivity contribution in [2.75, 3.05) is 20.8 Å². The Hall–Kier alpha value is -2.58. The quantitative estimate of drug-likeness (QED) is 0.876. The van der Waals surface area contributed by atoms with Gasteiger partial charge in [-0.05, 0) is 0 Å². The highest BCUT2D eigenvalue weighted by Gasteiger charge is 2.22. The maximum atomic E-state index is 14.0. The van der Waals surface area contributed by atoms with E-state index in [1.54, 1.807) is 0 Å². The number of methoxy groups -OCH3 is 2. The number of nitrogens with zero attached hydrogens (tertiary/aromatic N) is 2. The summed E-state index contributed by atoms with van der Waals surface area (Å²) in [6.45, 7) is 0.00488. The van der Waals surface area contributed by atoms with E-state index in [9.17, 15) is 13.6 Å². The number of imidazole rings is 1. The minimum Gasteiger partial charge on any atom is -0.494 e. The lowest BCUT2D eigenvalue weighted by atomic mass is 10.2. The molecule has 0 radical (unpaired) electrons. The van der Waals surface area contributed by atoms with Crippen LogP contribution >= 0.6 is 0 Å². The van der Waals surface area contributed by atoms with Crippen molar-refractivity contribution < 1.29 is 28.2 Å². The summed E-state index contributed by atoms with van der Waals surface area (Å²) in [6.07, 6.45) is -1.22. The Bertz CT molecular complexity index is 687. The van der Waals surface area contributed by atoms with Crippen LogP contribution in [0.15, 0.2) is 6.07 Å². The molecule has 0 bridgehead atoms. The normalized spacial score (nSPS) is 10.7. The molecule has 7 nitrogen and oxygen atoms in total. The molecule has 0 aliphatic rings. The van der Waals surface area contributed by atoms with E-state index in [0.29, 0.717) is 0 Å². The van der Waals surface area contributed by atoms with Gasteiger partial charge in [0.2, 0.25) is 0 Å². The minimum absolute atomic E-state index is 0.0184. The van der Waals surface area contributed by atoms with Crippen molar-refractivity contribution >= 4 is 17.1 Å². The SMILES string of the molecule is COc1cc(F)c(F)c2c1nc(OC)n2CCNC(=O)O. The van der Waals surface area contributed by atoms with Crippen molar-refractivity contribution in [3.63, 3.8) is 0 Å². The van der Waals surface area contributed by atoms with Crippen molar-refractivity contribution in [2.45, 2.75) is 6.54 Å². The first kappa shape index (κ1) is 14.8. The molecule has 0 aliphatic carbocycles. The standard InChI is InChI=1S/C12H13F2N3O4/c1-20-7-5-6(13)8(14)10-9(7)16-11(21-2)17(10)4-3-15-12(18)19/h5,15H,3-4H2,1-2H3,(H,18,19). The average Bonchev–Trinajstić information content (AvgIpc) is 2.81. The molecule has 0 unspecified atom stereocenters. The molecule has 2 rings (SSSR count). The lowest BCUT2D eigenvalue weighted by molar-refractivity contribution is 0.194. The van der Waals surface area contributed by atoms with Gasteiger partial charge in [-0.3, -0.25) is 4.57 Å². The van der Waals surface area contributed by atoms with Crippen molar-refractivity contribution in [1.29, 1.82) is 0 Å². The number of fused-ring (bicyclic) bond motifs is 1. The van der Waals surface area contributed by atoms with Crippen molar-refractivity contribution in [1.82, 2.24) is 14.9 Å². The van der Waals surface area contributed by atoms with Gasteiger partial charge in [-0.2, -0.15) is 4.98 Å². The van der Waals surface area contributed by atoms with Gasteiger partial charge in [0.1, 0.15) is 16.8 Å². The number of nitrogens with one attached hydrogen (secondary N) is 1. The van der Waals surface area contributed by atoms with E-state index in [1.165, 1.54) is 18.8 Å². The Balaban J connectivity index is 2.56. The predicted molar refractivity (Wildman–Crippen MR) is 68.8 cm³/mol. The number of aromatic nitrogens is 2. The van der Waals surface area contributed by atoms with Crippen LogP contribution < -0.4 is 14.8 Å². The van der Waals surface area contributed by atoms with Crippen LogP contribution in [0.4, 0.5) is 13.6 Å². The number of halogens is 2. The molecule has 2 N–H and O–H groups in total. The topological polar surface area (TPSA) is 85.6 Å². The number of hydrogen-bond donors (Lipinski definition) is 2. The van der Waals surface area contributed by atoms with Crippen molar-refractivity contribution in [3.05, 3.63) is 17.7 Å². The predicted octanol–water partition coefficient (Wildman–Crippen LogP) is 1.60. The second-order valence-corrected chi connectivity index (χ2v) is 4.05. The van der Waals surface area contributed by atoms with Gasteiger partial charge in [0.25, 0.3) is 6.01 Å². The number of amides is 1. The Labute approximate surface area is 118 Å². The number of hydrogen-bond acceptors (Lipinski definition) is 4. The van der Waals surface area contributed by atoms with E-state index >= 15 is 0 Å². The molecule has 0 saturated carbocycles. The summed E-state index contributed by atoms with van der Waals surface area (Å²) in [5.41, 5.74) is -0.0422. The minimum atomic E-state index is -1.22. The molecule has 21 heavy (non-hydrogen) atoms. The van der Waals surface area contributed by atoms with Gasteiger partial charge in [0.05, 0.1) is 14.2 Å². The van der Waals surface area contributed by atoms with Gasteiger partial charge < -0.3 is 19.9 Å². The molecule has 0 saturated heterocycles. The fraction of sp³-hybridized carbons (Fsp3) is 0.333. The third-order valence-corrected chi connectivity index (χ3v) is 2.86. The maximum absolute atomic E-state index is 14.0. The molecule has 0 fully saturated rings. The third-order valence-electron chi connectivity index (χ3n) is 2.86. The lowest BCUT2D eigenvalue weighted by Crippen LogP contribution is -2.25. The summed E-state index contributed by atoms with van der Waals surface area (Å²) in [7, 11) is 2.63. The fourth-order valence-corrected chi connectivity index (χ4v) is 1.98. The monoisotopic (exact) mass is 301 g/mol. The molecule has 0 atom stereocenters. The summed E-state index contributed by atoms with van der Waals surface area (Å²) in [5.74, 6) is -2.13. The average molecular weight is 301 g/mol. The van der Waals surface area contributed by atoms with Crippen LogP contribution in [0.2, 0.25) is 0 Å². The molecule has 0 aliphatic heterocycles. The molecule has 114 valence electrons. The lowest BCUT2D eigenvalue weighted by Gasteiger charge is -2.09. The number of benzene rings is 1. The first-order valence-electron chi connectivity index (χ1n) is 5.92. The van der Waals surface area contributed by atoms with Gasteiger partial charge in [-0.1, -0.05) is 0 Å². The van der Waals surface area contributed by atoms with E-state index in [1.807, 2.05) is 0 Å². The highest BCUT2D eigenvalue weighted by atomic mass is 19.2. The summed E-state index contributed by atoms with van der Waals surface area (Å²) in [4.78, 5) is 14.5. The highest BCUT2D eigenvalue weighted by Crippen LogP contribution is 2.32. The van der Waals surface area contributed by atoms with E-state index < -0.39 is 17.7 Å². The molecule has 0 spiro atoms. The van der Waals surface area contributed by atoms with E-state index in [-0.39, 0.29) is 35.9 Å².